The Morgan fingerprint density at radius 2 is 1.60 bits per heavy atom. The van der Waals surface area contributed by atoms with Crippen LogP contribution in [0.4, 0.5) is 0 Å². The largest absolute Gasteiger partial charge is 0.265 e. The molecule has 0 N–H and O–H groups in total. The van der Waals surface area contributed by atoms with Crippen molar-refractivity contribution in [2.24, 2.45) is 0 Å². The summed E-state index contributed by atoms with van der Waals surface area (Å²) in [5, 5.41) is 0. The molecule has 3 heteroatoms. The molecule has 10 heavy (non-hydrogen) atoms. The molecule has 0 saturated heterocycles. The van der Waals surface area contributed by atoms with Gasteiger partial charge in [-0.2, -0.15) is 0 Å². The molecule has 1 aromatic heterocycles. The smallest absolute Gasteiger partial charge is 0.0267 e. The van der Waals surface area contributed by atoms with E-state index < -0.39 is 0 Å². The number of nitrogens with zero attached hydrogens (tertiary/aromatic N) is 1. The minimum atomic E-state index is 0. The minimum Gasteiger partial charge on any atom is -0.265 e. The predicted molar refractivity (Wildman–Crippen MR) is 59.9 cm³/mol. The standard InChI is InChI=1S/C5H5N.C2H7P.HI/c1-2-4-6-5-3-1;1-2-3;/h1-5H;2-3H2,1H3;1H. The van der Waals surface area contributed by atoms with Crippen LogP contribution in [-0.2, 0) is 0 Å². The van der Waals surface area contributed by atoms with E-state index in [1.807, 2.05) is 18.2 Å². The SMILES string of the molecule is CCP.I.c1ccncc1. The van der Waals surface area contributed by atoms with Gasteiger partial charge >= 0.3 is 0 Å². The van der Waals surface area contributed by atoms with Gasteiger partial charge in [0.2, 0.25) is 0 Å². The average Bonchev–Trinajstić information content (AvgIpc) is 1.93. The summed E-state index contributed by atoms with van der Waals surface area (Å²) in [5.41, 5.74) is 0. The highest BCUT2D eigenvalue weighted by molar-refractivity contribution is 14.0. The fraction of sp³-hybridized carbons (Fsp3) is 0.286. The van der Waals surface area contributed by atoms with Crippen molar-refractivity contribution in [1.82, 2.24) is 4.98 Å². The number of aromatic nitrogens is 1. The Kier molecular flexibility index (Phi) is 15.6. The summed E-state index contributed by atoms with van der Waals surface area (Å²) in [7, 11) is 2.58. The maximum atomic E-state index is 3.78. The molecule has 1 heterocycles. The van der Waals surface area contributed by atoms with Crippen LogP contribution in [0.5, 0.6) is 0 Å². The van der Waals surface area contributed by atoms with Crippen LogP contribution >= 0.6 is 33.2 Å². The molecule has 1 atom stereocenters. The lowest BCUT2D eigenvalue weighted by atomic mass is 10.5. The van der Waals surface area contributed by atoms with E-state index in [4.69, 9.17) is 0 Å². The van der Waals surface area contributed by atoms with Crippen molar-refractivity contribution < 1.29 is 0 Å². The van der Waals surface area contributed by atoms with Crippen LogP contribution in [0.25, 0.3) is 0 Å². The monoisotopic (exact) mass is 269 g/mol. The molecule has 0 radical (unpaired) electrons. The van der Waals surface area contributed by atoms with Gasteiger partial charge in [0, 0.05) is 12.4 Å². The van der Waals surface area contributed by atoms with E-state index in [2.05, 4.69) is 21.1 Å². The first-order valence-electron chi connectivity index (χ1n) is 2.97. The number of rotatable bonds is 0. The molecule has 0 bridgehead atoms. The van der Waals surface area contributed by atoms with Crippen molar-refractivity contribution in [3.63, 3.8) is 0 Å². The van der Waals surface area contributed by atoms with Gasteiger partial charge in [-0.1, -0.05) is 13.0 Å². The molecule has 0 spiro atoms. The summed E-state index contributed by atoms with van der Waals surface area (Å²) in [5.74, 6) is 0. The molecule has 0 fully saturated rings. The van der Waals surface area contributed by atoms with Gasteiger partial charge in [0.15, 0.2) is 0 Å². The van der Waals surface area contributed by atoms with Crippen LogP contribution in [-0.4, -0.2) is 11.1 Å². The quantitative estimate of drug-likeness (QED) is 0.521. The van der Waals surface area contributed by atoms with Crippen LogP contribution in [0.2, 0.25) is 0 Å². The molecule has 0 aromatic carbocycles. The zero-order valence-electron chi connectivity index (χ0n) is 6.03. The van der Waals surface area contributed by atoms with Gasteiger partial charge in [-0.3, -0.25) is 4.98 Å². The molecule has 0 aliphatic carbocycles. The molecule has 0 aliphatic rings. The zero-order valence-corrected chi connectivity index (χ0v) is 9.51. The van der Waals surface area contributed by atoms with Crippen LogP contribution in [0.3, 0.4) is 0 Å². The summed E-state index contributed by atoms with van der Waals surface area (Å²) in [6.45, 7) is 2.09. The van der Waals surface area contributed by atoms with Gasteiger partial charge in [-0.15, -0.1) is 33.2 Å². The highest BCUT2D eigenvalue weighted by Gasteiger charge is 1.58. The maximum absolute atomic E-state index is 3.78. The molecule has 1 unspecified atom stereocenters. The first-order chi connectivity index (χ1) is 4.41. The summed E-state index contributed by atoms with van der Waals surface area (Å²) >= 11 is 0. The van der Waals surface area contributed by atoms with Crippen molar-refractivity contribution in [1.29, 1.82) is 0 Å². The van der Waals surface area contributed by atoms with Crippen LogP contribution in [0.1, 0.15) is 6.92 Å². The average molecular weight is 269 g/mol. The molecule has 0 amide bonds. The molecular formula is C7H13INP. The lowest BCUT2D eigenvalue weighted by Crippen LogP contribution is -1.58. The summed E-state index contributed by atoms with van der Waals surface area (Å²) < 4.78 is 0. The highest BCUT2D eigenvalue weighted by atomic mass is 127. The minimum absolute atomic E-state index is 0. The third kappa shape index (κ3) is 11.2. The second kappa shape index (κ2) is 12.0. The summed E-state index contributed by atoms with van der Waals surface area (Å²) in [6, 6.07) is 5.72. The van der Waals surface area contributed by atoms with E-state index in [1.54, 1.807) is 12.4 Å². The third-order valence-corrected chi connectivity index (χ3v) is 0.566. The van der Waals surface area contributed by atoms with Crippen LogP contribution in [0, 0.1) is 0 Å². The Hall–Kier alpha value is 0.310. The molecule has 0 saturated carbocycles. The Bertz CT molecular complexity index is 96.5. The maximum Gasteiger partial charge on any atom is 0.0267 e. The van der Waals surface area contributed by atoms with Crippen molar-refractivity contribution in [2.45, 2.75) is 6.92 Å². The van der Waals surface area contributed by atoms with E-state index in [9.17, 15) is 0 Å². The van der Waals surface area contributed by atoms with E-state index in [-0.39, 0.29) is 24.0 Å². The van der Waals surface area contributed by atoms with Crippen molar-refractivity contribution >= 4 is 33.2 Å². The van der Waals surface area contributed by atoms with Crippen molar-refractivity contribution in [3.05, 3.63) is 30.6 Å². The topological polar surface area (TPSA) is 12.9 Å². The number of hydrogen-bond acceptors (Lipinski definition) is 1. The van der Waals surface area contributed by atoms with Crippen molar-refractivity contribution in [3.8, 4) is 0 Å². The molecule has 0 aliphatic heterocycles. The first kappa shape index (κ1) is 12.9. The lowest BCUT2D eigenvalue weighted by Gasteiger charge is -1.70. The first-order valence-corrected chi connectivity index (χ1v) is 3.78. The summed E-state index contributed by atoms with van der Waals surface area (Å²) in [6.07, 6.45) is 4.67. The molecule has 1 aromatic rings. The van der Waals surface area contributed by atoms with Crippen LogP contribution in [0.15, 0.2) is 30.6 Å². The Morgan fingerprint density at radius 3 is 1.70 bits per heavy atom. The molecule has 1 rings (SSSR count). The van der Waals surface area contributed by atoms with Crippen molar-refractivity contribution in [2.75, 3.05) is 6.16 Å². The summed E-state index contributed by atoms with van der Waals surface area (Å²) in [4.78, 5) is 3.78. The Labute approximate surface area is 81.9 Å². The second-order valence-corrected chi connectivity index (χ2v) is 2.25. The molecular weight excluding hydrogens is 256 g/mol. The van der Waals surface area contributed by atoms with Gasteiger partial charge < -0.3 is 0 Å². The number of pyridine rings is 1. The van der Waals surface area contributed by atoms with Gasteiger partial charge in [0.05, 0.1) is 0 Å². The zero-order chi connectivity index (χ0) is 6.95. The highest BCUT2D eigenvalue weighted by Crippen LogP contribution is 1.73. The van der Waals surface area contributed by atoms with E-state index in [0.29, 0.717) is 0 Å². The Morgan fingerprint density at radius 1 is 1.20 bits per heavy atom. The number of halogens is 1. The fourth-order valence-corrected chi connectivity index (χ4v) is 0.313. The van der Waals surface area contributed by atoms with Gasteiger partial charge in [0.1, 0.15) is 0 Å². The number of hydrogen-bond donors (Lipinski definition) is 0. The molecule has 1 nitrogen and oxygen atoms in total. The second-order valence-electron chi connectivity index (χ2n) is 1.43. The Balaban J connectivity index is 0. The van der Waals surface area contributed by atoms with Gasteiger partial charge in [0.25, 0.3) is 0 Å². The molecule has 58 valence electrons. The van der Waals surface area contributed by atoms with E-state index >= 15 is 0 Å². The van der Waals surface area contributed by atoms with E-state index in [0.717, 1.165) is 0 Å². The third-order valence-electron chi connectivity index (χ3n) is 0.566. The van der Waals surface area contributed by atoms with Crippen LogP contribution < -0.4 is 0 Å². The normalized spacial score (nSPS) is 6.60. The van der Waals surface area contributed by atoms with E-state index in [1.165, 1.54) is 6.16 Å². The van der Waals surface area contributed by atoms with Gasteiger partial charge in [-0.25, -0.2) is 0 Å². The van der Waals surface area contributed by atoms with Gasteiger partial charge in [-0.05, 0) is 18.3 Å². The lowest BCUT2D eigenvalue weighted by molar-refractivity contribution is 1.33. The predicted octanol–water partition coefficient (Wildman–Crippen LogP) is 2.58. The fourth-order valence-electron chi connectivity index (χ4n) is 0.313.